The highest BCUT2D eigenvalue weighted by Gasteiger charge is 2.21. The molecule has 7 nitrogen and oxygen atoms in total. The summed E-state index contributed by atoms with van der Waals surface area (Å²) in [5.74, 6) is 0. The van der Waals surface area contributed by atoms with E-state index in [4.69, 9.17) is 4.55 Å². The average Bonchev–Trinajstić information content (AvgIpc) is 2.64. The van der Waals surface area contributed by atoms with Crippen molar-refractivity contribution in [3.05, 3.63) is 35.4 Å². The molecular formula is C21H36O7S. The maximum Gasteiger partial charge on any atom is 0.267 e. The summed E-state index contributed by atoms with van der Waals surface area (Å²) in [6, 6.07) is 7.96. The summed E-state index contributed by atoms with van der Waals surface area (Å²) in [5.41, 5.74) is 2.22. The smallest absolute Gasteiger partial charge is 0.267 e. The van der Waals surface area contributed by atoms with Gasteiger partial charge in [0.25, 0.3) is 10.1 Å². The lowest BCUT2D eigenvalue weighted by Crippen LogP contribution is -2.24. The predicted octanol–water partition coefficient (Wildman–Crippen LogP) is 1.99. The highest BCUT2D eigenvalue weighted by Crippen LogP contribution is 2.16. The molecule has 0 aliphatic heterocycles. The van der Waals surface area contributed by atoms with Gasteiger partial charge >= 0.3 is 0 Å². The second kappa shape index (κ2) is 12.6. The largest absolute Gasteiger partial charge is 0.393 e. The Morgan fingerprint density at radius 1 is 0.759 bits per heavy atom. The highest BCUT2D eigenvalue weighted by atomic mass is 32.2. The Morgan fingerprint density at radius 3 is 1.62 bits per heavy atom. The predicted molar refractivity (Wildman–Crippen MR) is 112 cm³/mol. The van der Waals surface area contributed by atoms with Crippen LogP contribution in [0.25, 0.3) is 0 Å². The van der Waals surface area contributed by atoms with Crippen molar-refractivity contribution in [3.8, 4) is 0 Å². The number of aryl methyl sites for hydroxylation is 1. The van der Waals surface area contributed by atoms with E-state index in [1.54, 1.807) is 0 Å². The zero-order valence-corrected chi connectivity index (χ0v) is 18.1. The summed E-state index contributed by atoms with van der Waals surface area (Å²) < 4.78 is 30.8. The van der Waals surface area contributed by atoms with E-state index in [1.165, 1.54) is 6.92 Å². The molecule has 1 aromatic carbocycles. The topological polar surface area (TPSA) is 135 Å². The van der Waals surface area contributed by atoms with Gasteiger partial charge in [-0.2, -0.15) is 8.42 Å². The van der Waals surface area contributed by atoms with E-state index in [2.05, 4.69) is 0 Å². The highest BCUT2D eigenvalue weighted by molar-refractivity contribution is 7.86. The van der Waals surface area contributed by atoms with Crippen molar-refractivity contribution in [3.63, 3.8) is 0 Å². The van der Waals surface area contributed by atoms with Crippen LogP contribution in [0.5, 0.6) is 0 Å². The number of benzene rings is 1. The SMILES string of the molecule is Cc1ccc(CC(O)CCC(O)CCC(O)CCC(O)CC(C)S(=O)(=O)O)cc1. The van der Waals surface area contributed by atoms with E-state index in [0.29, 0.717) is 32.1 Å². The molecule has 8 heteroatoms. The number of rotatable bonds is 14. The van der Waals surface area contributed by atoms with Gasteiger partial charge in [0.2, 0.25) is 0 Å². The molecule has 0 saturated carbocycles. The first-order chi connectivity index (χ1) is 13.5. The molecule has 0 aromatic heterocycles. The van der Waals surface area contributed by atoms with Crippen molar-refractivity contribution in [1.82, 2.24) is 0 Å². The second-order valence-electron chi connectivity index (χ2n) is 8.10. The molecule has 1 rings (SSSR count). The van der Waals surface area contributed by atoms with Crippen molar-refractivity contribution in [2.75, 3.05) is 0 Å². The van der Waals surface area contributed by atoms with Gasteiger partial charge in [-0.3, -0.25) is 4.55 Å². The van der Waals surface area contributed by atoms with Gasteiger partial charge in [-0.15, -0.1) is 0 Å². The van der Waals surface area contributed by atoms with E-state index in [9.17, 15) is 28.8 Å². The third-order valence-electron chi connectivity index (χ3n) is 5.20. The standard InChI is InChI=1S/C21H36O7S/c1-15-3-5-17(6-4-15)14-21(25)12-10-19(23)8-7-18(22)9-11-20(24)13-16(2)29(26,27)28/h3-6,16,18-25H,7-14H2,1-2H3,(H,26,27,28). The van der Waals surface area contributed by atoms with E-state index in [0.717, 1.165) is 11.1 Å². The van der Waals surface area contributed by atoms with Crippen LogP contribution in [0.1, 0.15) is 63.0 Å². The lowest BCUT2D eigenvalue weighted by atomic mass is 9.98. The summed E-state index contributed by atoms with van der Waals surface area (Å²) in [4.78, 5) is 0. The quantitative estimate of drug-likeness (QED) is 0.284. The molecule has 0 saturated heterocycles. The van der Waals surface area contributed by atoms with Crippen molar-refractivity contribution < 1.29 is 33.4 Å². The minimum Gasteiger partial charge on any atom is -0.393 e. The fourth-order valence-electron chi connectivity index (χ4n) is 3.16. The molecule has 5 unspecified atom stereocenters. The number of aliphatic hydroxyl groups excluding tert-OH is 4. The maximum absolute atomic E-state index is 11.0. The van der Waals surface area contributed by atoms with Crippen LogP contribution in [0.2, 0.25) is 0 Å². The van der Waals surface area contributed by atoms with Gasteiger partial charge in [-0.05, 0) is 70.8 Å². The third-order valence-corrected chi connectivity index (χ3v) is 6.41. The molecular weight excluding hydrogens is 396 g/mol. The molecule has 29 heavy (non-hydrogen) atoms. The zero-order valence-electron chi connectivity index (χ0n) is 17.3. The molecule has 0 radical (unpaired) electrons. The molecule has 5 N–H and O–H groups in total. The summed E-state index contributed by atoms with van der Waals surface area (Å²) >= 11 is 0. The summed E-state index contributed by atoms with van der Waals surface area (Å²) in [6.45, 7) is 3.32. The molecule has 0 amide bonds. The Balaban J connectivity index is 2.19. The average molecular weight is 433 g/mol. The first-order valence-electron chi connectivity index (χ1n) is 10.2. The fourth-order valence-corrected chi connectivity index (χ4v) is 3.63. The van der Waals surface area contributed by atoms with Gasteiger partial charge in [-0.1, -0.05) is 29.8 Å². The fraction of sp³-hybridized carbons (Fsp3) is 0.714. The Bertz CT molecular complexity index is 675. The van der Waals surface area contributed by atoms with Crippen LogP contribution in [0.15, 0.2) is 24.3 Å². The molecule has 5 atom stereocenters. The van der Waals surface area contributed by atoms with Crippen molar-refractivity contribution >= 4 is 10.1 Å². The lowest BCUT2D eigenvalue weighted by Gasteiger charge is -2.18. The van der Waals surface area contributed by atoms with Crippen LogP contribution in [-0.4, -0.2) is 63.1 Å². The van der Waals surface area contributed by atoms with Crippen LogP contribution in [0.3, 0.4) is 0 Å². The first-order valence-corrected chi connectivity index (χ1v) is 11.7. The second-order valence-corrected chi connectivity index (χ2v) is 9.93. The molecule has 0 fully saturated rings. The van der Waals surface area contributed by atoms with Gasteiger partial charge in [0, 0.05) is 0 Å². The minimum absolute atomic E-state index is 0.0902. The van der Waals surface area contributed by atoms with Crippen LogP contribution in [0.4, 0.5) is 0 Å². The van der Waals surface area contributed by atoms with Gasteiger partial charge in [0.15, 0.2) is 0 Å². The van der Waals surface area contributed by atoms with E-state index in [1.807, 2.05) is 31.2 Å². The Kier molecular flexibility index (Phi) is 11.3. The number of hydrogen-bond donors (Lipinski definition) is 5. The molecule has 0 aliphatic carbocycles. The third kappa shape index (κ3) is 11.7. The van der Waals surface area contributed by atoms with E-state index >= 15 is 0 Å². The molecule has 0 spiro atoms. The Labute approximate surface area is 174 Å². The number of hydrogen-bond acceptors (Lipinski definition) is 6. The Hall–Kier alpha value is -1.03. The zero-order chi connectivity index (χ0) is 22.0. The van der Waals surface area contributed by atoms with Gasteiger partial charge < -0.3 is 20.4 Å². The van der Waals surface area contributed by atoms with Crippen molar-refractivity contribution in [2.45, 2.75) is 94.9 Å². The van der Waals surface area contributed by atoms with Crippen molar-refractivity contribution in [1.29, 1.82) is 0 Å². The van der Waals surface area contributed by atoms with E-state index < -0.39 is 39.8 Å². The minimum atomic E-state index is -4.17. The van der Waals surface area contributed by atoms with Crippen molar-refractivity contribution in [2.24, 2.45) is 0 Å². The van der Waals surface area contributed by atoms with Crippen LogP contribution in [0, 0.1) is 6.92 Å². The van der Waals surface area contributed by atoms with Gasteiger partial charge in [-0.25, -0.2) is 0 Å². The van der Waals surface area contributed by atoms with Crippen LogP contribution < -0.4 is 0 Å². The number of aliphatic hydroxyl groups is 4. The van der Waals surface area contributed by atoms with Gasteiger partial charge in [0.1, 0.15) is 0 Å². The molecule has 168 valence electrons. The lowest BCUT2D eigenvalue weighted by molar-refractivity contribution is 0.0748. The molecule has 0 heterocycles. The maximum atomic E-state index is 11.0. The summed E-state index contributed by atoms with van der Waals surface area (Å²) in [5, 5.41) is 39.0. The van der Waals surface area contributed by atoms with Gasteiger partial charge in [0.05, 0.1) is 29.7 Å². The normalized spacial score (nSPS) is 17.5. The summed E-state index contributed by atoms with van der Waals surface area (Å²) in [6.07, 6.45) is -0.200. The monoisotopic (exact) mass is 432 g/mol. The van der Waals surface area contributed by atoms with Crippen LogP contribution in [-0.2, 0) is 16.5 Å². The van der Waals surface area contributed by atoms with Crippen LogP contribution >= 0.6 is 0 Å². The summed E-state index contributed by atoms with van der Waals surface area (Å²) in [7, 11) is -4.17. The first kappa shape index (κ1) is 26.0. The molecule has 0 bridgehead atoms. The molecule has 1 aromatic rings. The molecule has 0 aliphatic rings. The van der Waals surface area contributed by atoms with E-state index in [-0.39, 0.29) is 19.3 Å². The Morgan fingerprint density at radius 2 is 1.17 bits per heavy atom.